The van der Waals surface area contributed by atoms with Gasteiger partial charge in [-0.15, -0.1) is 0 Å². The fourth-order valence-corrected chi connectivity index (χ4v) is 2.65. The van der Waals surface area contributed by atoms with Gasteiger partial charge < -0.3 is 0 Å². The first-order valence-electron chi connectivity index (χ1n) is 9.10. The molecule has 0 fully saturated rings. The van der Waals surface area contributed by atoms with Crippen LogP contribution in [0.4, 0.5) is 0 Å². The van der Waals surface area contributed by atoms with Crippen LogP contribution < -0.4 is 0 Å². The van der Waals surface area contributed by atoms with Crippen LogP contribution in [-0.4, -0.2) is 5.24 Å². The summed E-state index contributed by atoms with van der Waals surface area (Å²) in [4.78, 5) is 10.5. The number of carbonyl (C=O) groups is 1. The van der Waals surface area contributed by atoms with Crippen LogP contribution in [0, 0.1) is 0 Å². The van der Waals surface area contributed by atoms with Gasteiger partial charge in [0.1, 0.15) is 0 Å². The molecule has 0 aliphatic carbocycles. The van der Waals surface area contributed by atoms with Gasteiger partial charge in [-0.05, 0) is 43.7 Å². The average molecular weight is 315 g/mol. The van der Waals surface area contributed by atoms with Gasteiger partial charge in [0.25, 0.3) is 0 Å². The van der Waals surface area contributed by atoms with Gasteiger partial charge in [0, 0.05) is 6.42 Å². The lowest BCUT2D eigenvalue weighted by Crippen LogP contribution is -1.86. The molecule has 0 saturated carbocycles. The van der Waals surface area contributed by atoms with Gasteiger partial charge in [-0.2, -0.15) is 0 Å². The Hall–Kier alpha value is -0.300. The van der Waals surface area contributed by atoms with E-state index in [-0.39, 0.29) is 5.24 Å². The second-order valence-corrected chi connectivity index (χ2v) is 6.46. The summed E-state index contributed by atoms with van der Waals surface area (Å²) in [6.45, 7) is 2.27. The van der Waals surface area contributed by atoms with Gasteiger partial charge >= 0.3 is 0 Å². The van der Waals surface area contributed by atoms with Crippen molar-refractivity contribution in [2.75, 3.05) is 0 Å². The number of hydrogen-bond acceptors (Lipinski definition) is 1. The molecule has 2 heteroatoms. The molecule has 0 N–H and O–H groups in total. The second kappa shape index (κ2) is 17.8. The van der Waals surface area contributed by atoms with Crippen LogP contribution >= 0.6 is 11.6 Å². The molecule has 0 saturated heterocycles. The monoisotopic (exact) mass is 314 g/mol. The van der Waals surface area contributed by atoms with E-state index >= 15 is 0 Å². The van der Waals surface area contributed by atoms with E-state index in [1.54, 1.807) is 0 Å². The van der Waals surface area contributed by atoms with Crippen molar-refractivity contribution in [3.63, 3.8) is 0 Å². The summed E-state index contributed by atoms with van der Waals surface area (Å²) < 4.78 is 0. The van der Waals surface area contributed by atoms with Crippen molar-refractivity contribution in [2.45, 2.75) is 103 Å². The van der Waals surface area contributed by atoms with E-state index in [2.05, 4.69) is 19.1 Å². The van der Waals surface area contributed by atoms with Gasteiger partial charge in [0.15, 0.2) is 0 Å². The third kappa shape index (κ3) is 19.7. The zero-order valence-corrected chi connectivity index (χ0v) is 14.8. The predicted octanol–water partition coefficient (Wildman–Crippen LogP) is 7.18. The average Bonchev–Trinajstić information content (AvgIpc) is 2.46. The standard InChI is InChI=1S/C19H35ClO/c1-2-3-4-5-6-7-8-9-10-11-12-13-14-15-16-17-18-19(20)21/h9-10H,2-8,11-18H2,1H3/b10-9-. The van der Waals surface area contributed by atoms with E-state index in [1.807, 2.05) is 0 Å². The third-order valence-corrected chi connectivity index (χ3v) is 4.07. The Balaban J connectivity index is 3.07. The van der Waals surface area contributed by atoms with Gasteiger partial charge in [-0.25, -0.2) is 0 Å². The minimum absolute atomic E-state index is 0.189. The van der Waals surface area contributed by atoms with Crippen LogP contribution in [-0.2, 0) is 4.79 Å². The van der Waals surface area contributed by atoms with Crippen LogP contribution in [0.3, 0.4) is 0 Å². The highest BCUT2D eigenvalue weighted by Gasteiger charge is 1.95. The highest BCUT2D eigenvalue weighted by Crippen LogP contribution is 2.10. The third-order valence-electron chi connectivity index (χ3n) is 3.89. The topological polar surface area (TPSA) is 17.1 Å². The van der Waals surface area contributed by atoms with E-state index in [1.165, 1.54) is 77.0 Å². The first kappa shape index (κ1) is 20.7. The van der Waals surface area contributed by atoms with Crippen LogP contribution in [0.2, 0.25) is 0 Å². The molecule has 0 aromatic heterocycles. The van der Waals surface area contributed by atoms with Crippen molar-refractivity contribution in [1.82, 2.24) is 0 Å². The lowest BCUT2D eigenvalue weighted by atomic mass is 10.1. The maximum atomic E-state index is 10.5. The van der Waals surface area contributed by atoms with Crippen molar-refractivity contribution in [3.05, 3.63) is 12.2 Å². The van der Waals surface area contributed by atoms with Crippen molar-refractivity contribution in [1.29, 1.82) is 0 Å². The molecule has 0 aliphatic rings. The minimum atomic E-state index is -0.189. The maximum Gasteiger partial charge on any atom is 0.221 e. The molecule has 21 heavy (non-hydrogen) atoms. The molecule has 0 radical (unpaired) electrons. The summed E-state index contributed by atoms with van der Waals surface area (Å²) in [6, 6.07) is 0. The van der Waals surface area contributed by atoms with Crippen LogP contribution in [0.5, 0.6) is 0 Å². The summed E-state index contributed by atoms with van der Waals surface area (Å²) in [7, 11) is 0. The lowest BCUT2D eigenvalue weighted by Gasteiger charge is -1.99. The highest BCUT2D eigenvalue weighted by molar-refractivity contribution is 6.63. The molecule has 0 aromatic carbocycles. The Kier molecular flexibility index (Phi) is 17.5. The Bertz CT molecular complexity index is 248. The molecular weight excluding hydrogens is 280 g/mol. The summed E-state index contributed by atoms with van der Waals surface area (Å²) in [6.07, 6.45) is 23.4. The first-order valence-corrected chi connectivity index (χ1v) is 9.48. The zero-order valence-electron chi connectivity index (χ0n) is 14.0. The van der Waals surface area contributed by atoms with Crippen LogP contribution in [0.25, 0.3) is 0 Å². The fraction of sp³-hybridized carbons (Fsp3) is 0.842. The van der Waals surface area contributed by atoms with Crippen LogP contribution in [0.1, 0.15) is 103 Å². The number of hydrogen-bond donors (Lipinski definition) is 0. The van der Waals surface area contributed by atoms with Crippen LogP contribution in [0.15, 0.2) is 12.2 Å². The molecule has 0 unspecified atom stereocenters. The molecule has 0 bridgehead atoms. The number of allylic oxidation sites excluding steroid dienone is 2. The number of carbonyl (C=O) groups excluding carboxylic acids is 1. The van der Waals surface area contributed by atoms with E-state index in [0.29, 0.717) is 6.42 Å². The van der Waals surface area contributed by atoms with E-state index < -0.39 is 0 Å². The summed E-state index contributed by atoms with van der Waals surface area (Å²) in [5.41, 5.74) is 0. The molecule has 0 spiro atoms. The van der Waals surface area contributed by atoms with Gasteiger partial charge in [-0.1, -0.05) is 76.9 Å². The predicted molar refractivity (Wildman–Crippen MR) is 94.9 cm³/mol. The summed E-state index contributed by atoms with van der Waals surface area (Å²) >= 11 is 5.30. The Morgan fingerprint density at radius 2 is 1.14 bits per heavy atom. The van der Waals surface area contributed by atoms with Crippen molar-refractivity contribution in [2.24, 2.45) is 0 Å². The fourth-order valence-electron chi connectivity index (χ4n) is 2.51. The molecular formula is C19H35ClO. The Labute approximate surface area is 137 Å². The minimum Gasteiger partial charge on any atom is -0.281 e. The van der Waals surface area contributed by atoms with Gasteiger partial charge in [0.05, 0.1) is 0 Å². The van der Waals surface area contributed by atoms with E-state index in [4.69, 9.17) is 11.6 Å². The Morgan fingerprint density at radius 3 is 1.62 bits per heavy atom. The molecule has 1 nitrogen and oxygen atoms in total. The SMILES string of the molecule is CCCCCCCC/C=C\CCCCCCCCC(=O)Cl. The molecule has 0 atom stereocenters. The molecule has 0 heterocycles. The first-order chi connectivity index (χ1) is 10.3. The number of unbranched alkanes of at least 4 members (excludes halogenated alkanes) is 12. The van der Waals surface area contributed by atoms with Gasteiger partial charge in [0.2, 0.25) is 5.24 Å². The quantitative estimate of drug-likeness (QED) is 0.167. The molecule has 0 amide bonds. The van der Waals surface area contributed by atoms with Gasteiger partial charge in [-0.3, -0.25) is 4.79 Å². The number of rotatable bonds is 16. The largest absolute Gasteiger partial charge is 0.281 e. The zero-order chi connectivity index (χ0) is 15.6. The van der Waals surface area contributed by atoms with Crippen molar-refractivity contribution in [3.8, 4) is 0 Å². The summed E-state index contributed by atoms with van der Waals surface area (Å²) in [5, 5.41) is -0.189. The van der Waals surface area contributed by atoms with Crippen molar-refractivity contribution < 1.29 is 4.79 Å². The smallest absolute Gasteiger partial charge is 0.221 e. The molecule has 0 rings (SSSR count). The summed E-state index contributed by atoms with van der Waals surface area (Å²) in [5.74, 6) is 0. The second-order valence-electron chi connectivity index (χ2n) is 6.04. The maximum absolute atomic E-state index is 10.5. The van der Waals surface area contributed by atoms with E-state index in [9.17, 15) is 4.79 Å². The lowest BCUT2D eigenvalue weighted by molar-refractivity contribution is -0.111. The molecule has 124 valence electrons. The normalized spacial score (nSPS) is 11.3. The molecule has 0 aromatic rings. The molecule has 0 aliphatic heterocycles. The Morgan fingerprint density at radius 1 is 0.714 bits per heavy atom. The number of halogens is 1. The van der Waals surface area contributed by atoms with E-state index in [0.717, 1.165) is 12.8 Å². The van der Waals surface area contributed by atoms with Crippen molar-refractivity contribution >= 4 is 16.8 Å². The highest BCUT2D eigenvalue weighted by atomic mass is 35.5.